The summed E-state index contributed by atoms with van der Waals surface area (Å²) >= 11 is 0. The molecule has 8 nitrogen and oxygen atoms in total. The molecular formula is C14H12N5O3SW-. The number of hydrogen-bond donors (Lipinski definition) is 1. The summed E-state index contributed by atoms with van der Waals surface area (Å²) in [5, 5.41) is 7.20. The van der Waals surface area contributed by atoms with E-state index in [1.807, 2.05) is 0 Å². The van der Waals surface area contributed by atoms with Crippen molar-refractivity contribution in [1.82, 2.24) is 15.0 Å². The van der Waals surface area contributed by atoms with E-state index in [9.17, 15) is 8.42 Å². The van der Waals surface area contributed by atoms with Crippen LogP contribution in [0.1, 0.15) is 9.68 Å². The number of nitrogen functional groups attached to an aromatic ring is 1. The van der Waals surface area contributed by atoms with Gasteiger partial charge >= 0.3 is 0 Å². The molecule has 3 rings (SSSR count). The van der Waals surface area contributed by atoms with E-state index in [2.05, 4.69) is 15.0 Å². The molecule has 3 N–H and O–H groups in total. The van der Waals surface area contributed by atoms with Crippen LogP contribution in [0.2, 0.25) is 0 Å². The number of aryl methyl sites for hydroxylation is 1. The van der Waals surface area contributed by atoms with E-state index < -0.39 is 16.9 Å². The summed E-state index contributed by atoms with van der Waals surface area (Å²) in [5.41, 5.74) is 5.86. The fraction of sp³-hybridized carbons (Fsp3) is 0.0714. The normalized spacial score (nSPS) is 13.5. The smallest absolute Gasteiger partial charge is 0.181 e. The fourth-order valence-electron chi connectivity index (χ4n) is 1.94. The fourth-order valence-corrected chi connectivity index (χ4v) is 2.46. The maximum Gasteiger partial charge on any atom is 0.181 e. The Morgan fingerprint density at radius 3 is 2.75 bits per heavy atom. The number of rotatable bonds is 3. The Hall–Kier alpha value is -2.09. The number of nitrogens with one attached hydrogen (secondary N) is 1. The molecule has 1 aromatic carbocycles. The first-order valence-electron chi connectivity index (χ1n) is 7.73. The molecule has 0 amide bonds. The first kappa shape index (κ1) is 14.3. The number of nitrogens with zero attached hydrogens (tertiary/aromatic N) is 3. The van der Waals surface area contributed by atoms with Crippen molar-refractivity contribution < 1.29 is 38.0 Å². The minimum Gasteiger partial charge on any atom is -0.560 e. The summed E-state index contributed by atoms with van der Waals surface area (Å²) in [7, 11) is -4.29. The third-order valence-corrected chi connectivity index (χ3v) is 3.92. The van der Waals surface area contributed by atoms with Crippen molar-refractivity contribution in [3.05, 3.63) is 47.7 Å². The molecule has 3 aromatic rings. The van der Waals surface area contributed by atoms with Gasteiger partial charge in [-0.1, -0.05) is 6.07 Å². The molecule has 0 aliphatic heterocycles. The van der Waals surface area contributed by atoms with Crippen LogP contribution in [-0.4, -0.2) is 23.4 Å². The largest absolute Gasteiger partial charge is 0.560 e. The molecule has 0 unspecified atom stereocenters. The zero-order valence-electron chi connectivity index (χ0n) is 14.9. The summed E-state index contributed by atoms with van der Waals surface area (Å²) in [6.45, 7) is -2.53. The van der Waals surface area contributed by atoms with Crippen molar-refractivity contribution in [3.8, 4) is 22.7 Å². The molecule has 0 bridgehead atoms. The van der Waals surface area contributed by atoms with Crippen LogP contribution in [0.3, 0.4) is 0 Å². The van der Waals surface area contributed by atoms with E-state index in [-0.39, 0.29) is 60.1 Å². The summed E-state index contributed by atoms with van der Waals surface area (Å²) in [6, 6.07) is 3.28. The van der Waals surface area contributed by atoms with E-state index in [0.29, 0.717) is 0 Å². The van der Waals surface area contributed by atoms with E-state index in [1.54, 1.807) is 0 Å². The van der Waals surface area contributed by atoms with Gasteiger partial charge in [0.1, 0.15) is 0 Å². The van der Waals surface area contributed by atoms with E-state index in [1.165, 1.54) is 18.8 Å². The molecule has 0 saturated carbocycles. The Morgan fingerprint density at radius 1 is 1.33 bits per heavy atom. The average molecular weight is 517 g/mol. The summed E-state index contributed by atoms with van der Waals surface area (Å²) < 4.78 is 51.2. The number of sulfonamides is 1. The van der Waals surface area contributed by atoms with Crippen molar-refractivity contribution >= 4 is 15.8 Å². The van der Waals surface area contributed by atoms with Crippen LogP contribution in [0.5, 0.6) is 0 Å². The molecule has 124 valence electrons. The molecule has 0 atom stereocenters. The number of benzene rings is 1. The van der Waals surface area contributed by atoms with Crippen LogP contribution in [0.25, 0.3) is 27.9 Å². The summed E-state index contributed by atoms with van der Waals surface area (Å²) in [6.07, 6.45) is 3.75. The first-order chi connectivity index (χ1) is 12.1. The van der Waals surface area contributed by atoms with Crippen LogP contribution >= 0.6 is 0 Å². The van der Waals surface area contributed by atoms with Crippen molar-refractivity contribution in [2.75, 3.05) is 5.73 Å². The van der Waals surface area contributed by atoms with Crippen molar-refractivity contribution in [2.45, 2.75) is 11.7 Å². The second kappa shape index (κ2) is 6.80. The number of oxazole rings is 1. The van der Waals surface area contributed by atoms with Gasteiger partial charge in [0.25, 0.3) is 0 Å². The number of anilines is 1. The van der Waals surface area contributed by atoms with Gasteiger partial charge in [-0.3, -0.25) is 0 Å². The Kier molecular flexibility index (Phi) is 4.04. The van der Waals surface area contributed by atoms with Crippen LogP contribution in [0.15, 0.2) is 46.3 Å². The van der Waals surface area contributed by atoms with Crippen LogP contribution in [-0.2, 0) is 31.1 Å². The van der Waals surface area contributed by atoms with Gasteiger partial charge in [0.05, 0.1) is 28.1 Å². The Bertz CT molecular complexity index is 1070. The van der Waals surface area contributed by atoms with Gasteiger partial charge in [-0.2, -0.15) is 0 Å². The monoisotopic (exact) mass is 517 g/mol. The molecule has 2 heterocycles. The number of nitrogens with two attached hydrogens (primary N) is 1. The maximum absolute atomic E-state index is 11.5. The predicted molar refractivity (Wildman–Crippen MR) is 83.6 cm³/mol. The summed E-state index contributed by atoms with van der Waals surface area (Å²) in [4.78, 5) is 11.6. The molecule has 0 fully saturated rings. The molecule has 0 radical (unpaired) electrons. The van der Waals surface area contributed by atoms with Gasteiger partial charge in [-0.25, -0.2) is 23.4 Å². The Labute approximate surface area is 156 Å². The van der Waals surface area contributed by atoms with E-state index in [0.717, 1.165) is 18.2 Å². The van der Waals surface area contributed by atoms with Crippen molar-refractivity contribution in [3.63, 3.8) is 0 Å². The summed E-state index contributed by atoms with van der Waals surface area (Å²) in [5.74, 6) is 0.252. The zero-order chi connectivity index (χ0) is 19.1. The minimum absolute atomic E-state index is 0. The molecule has 24 heavy (non-hydrogen) atoms. The van der Waals surface area contributed by atoms with E-state index in [4.69, 9.17) is 19.4 Å². The zero-order valence-corrected chi connectivity index (χ0v) is 15.7. The molecule has 0 spiro atoms. The number of aromatic nitrogens is 3. The van der Waals surface area contributed by atoms with Crippen molar-refractivity contribution in [2.24, 2.45) is 0 Å². The molecule has 0 aliphatic rings. The van der Waals surface area contributed by atoms with Gasteiger partial charge in [-0.15, -0.1) is 0 Å². The van der Waals surface area contributed by atoms with Crippen molar-refractivity contribution in [1.29, 1.82) is 0 Å². The topological polar surface area (TPSA) is 136 Å². The molecule has 2 aromatic heterocycles. The van der Waals surface area contributed by atoms with Crippen LogP contribution < -0.4 is 5.73 Å². The SMILES string of the molecule is [2H]C([2H])([2H])c1ccc(S([NH-])(=O)=O)cc1-c1cnc(N)c(-c2cnco2)n1.[W]. The average Bonchev–Trinajstić information content (AvgIpc) is 3.07. The van der Waals surface area contributed by atoms with Gasteiger partial charge in [0, 0.05) is 35.6 Å². The maximum atomic E-state index is 11.5. The second-order valence-electron chi connectivity index (χ2n) is 4.57. The Balaban J connectivity index is 0.00000261. The van der Waals surface area contributed by atoms with Gasteiger partial charge in [-0.05, 0) is 24.5 Å². The predicted octanol–water partition coefficient (Wildman–Crippen LogP) is 2.43. The quantitative estimate of drug-likeness (QED) is 0.564. The van der Waals surface area contributed by atoms with Gasteiger partial charge < -0.3 is 15.3 Å². The Morgan fingerprint density at radius 2 is 2.12 bits per heavy atom. The van der Waals surface area contributed by atoms with Crippen LogP contribution in [0, 0.1) is 6.85 Å². The van der Waals surface area contributed by atoms with Crippen LogP contribution in [0.4, 0.5) is 5.82 Å². The van der Waals surface area contributed by atoms with Gasteiger partial charge in [0.15, 0.2) is 23.7 Å². The molecule has 0 aliphatic carbocycles. The molecule has 0 saturated heterocycles. The molecular weight excluding hydrogens is 502 g/mol. The van der Waals surface area contributed by atoms with Gasteiger partial charge in [0.2, 0.25) is 0 Å². The standard InChI is InChI=1S/C14H12N5O3S.W/c1-8-2-3-9(23(16,20)21)4-10(8)11-5-18-14(15)13(19-11)12-6-17-7-22-12;/h2-7H,1H3,(H3-,15,16,18,20,21);/q-1;/i1D3;. The minimum atomic E-state index is -4.29. The number of hydrogen-bond acceptors (Lipinski definition) is 7. The second-order valence-corrected chi connectivity index (χ2v) is 6.04. The third-order valence-electron chi connectivity index (χ3n) is 3.04. The first-order valence-corrected chi connectivity index (χ1v) is 7.71. The van der Waals surface area contributed by atoms with E-state index >= 15 is 0 Å². The third kappa shape index (κ3) is 3.53. The molecule has 10 heteroatoms.